The summed E-state index contributed by atoms with van der Waals surface area (Å²) in [5.41, 5.74) is 2.08. The molecule has 2 fully saturated rings. The van der Waals surface area contributed by atoms with Gasteiger partial charge in [0.15, 0.2) is 0 Å². The number of aromatic amines is 1. The van der Waals surface area contributed by atoms with E-state index in [0.29, 0.717) is 19.5 Å². The molecule has 1 saturated heterocycles. The summed E-state index contributed by atoms with van der Waals surface area (Å²) in [5.74, 6) is 0.318. The first kappa shape index (κ1) is 19.0. The second kappa shape index (κ2) is 7.61. The number of hydrogen-bond donors (Lipinski definition) is 1. The first-order chi connectivity index (χ1) is 13.5. The third-order valence-corrected chi connectivity index (χ3v) is 6.87. The van der Waals surface area contributed by atoms with E-state index in [-0.39, 0.29) is 23.4 Å². The summed E-state index contributed by atoms with van der Waals surface area (Å²) < 4.78 is 0. The molecule has 28 heavy (non-hydrogen) atoms. The molecule has 0 unspecified atom stereocenters. The molecule has 2 heterocycles. The van der Waals surface area contributed by atoms with E-state index >= 15 is 0 Å². The van der Waals surface area contributed by atoms with Crippen molar-refractivity contribution in [2.75, 3.05) is 13.1 Å². The van der Waals surface area contributed by atoms with Crippen LogP contribution in [0.5, 0.6) is 0 Å². The Morgan fingerprint density at radius 1 is 1.21 bits per heavy atom. The summed E-state index contributed by atoms with van der Waals surface area (Å²) in [6, 6.07) is 8.29. The van der Waals surface area contributed by atoms with Gasteiger partial charge in [-0.2, -0.15) is 0 Å². The molecule has 2 aromatic rings. The lowest BCUT2D eigenvalue weighted by Gasteiger charge is -2.41. The summed E-state index contributed by atoms with van der Waals surface area (Å²) in [7, 11) is 0. The minimum Gasteiger partial charge on any atom is -0.361 e. The fourth-order valence-corrected chi connectivity index (χ4v) is 5.55. The van der Waals surface area contributed by atoms with Crippen molar-refractivity contribution in [3.8, 4) is 0 Å². The van der Waals surface area contributed by atoms with Crippen LogP contribution in [0.25, 0.3) is 10.9 Å². The maximum atomic E-state index is 13.5. The van der Waals surface area contributed by atoms with Crippen LogP contribution >= 0.6 is 0 Å². The number of likely N-dealkylation sites (tertiary alicyclic amines) is 1. The van der Waals surface area contributed by atoms with Crippen LogP contribution in [-0.2, 0) is 16.0 Å². The van der Waals surface area contributed by atoms with Crippen molar-refractivity contribution in [2.45, 2.75) is 70.4 Å². The average molecular weight is 382 g/mol. The summed E-state index contributed by atoms with van der Waals surface area (Å²) in [6.07, 6.45) is 9.06. The van der Waals surface area contributed by atoms with Gasteiger partial charge in [0.1, 0.15) is 0 Å². The minimum absolute atomic E-state index is 0.0605. The van der Waals surface area contributed by atoms with Crippen LogP contribution in [0.15, 0.2) is 30.5 Å². The van der Waals surface area contributed by atoms with Crippen LogP contribution in [0.2, 0.25) is 0 Å². The maximum absolute atomic E-state index is 13.5. The lowest BCUT2D eigenvalue weighted by molar-refractivity contribution is -0.136. The van der Waals surface area contributed by atoms with E-state index in [2.05, 4.69) is 16.0 Å². The smallest absolute Gasteiger partial charge is 0.227 e. The fourth-order valence-electron chi connectivity index (χ4n) is 5.55. The predicted molar refractivity (Wildman–Crippen MR) is 111 cm³/mol. The van der Waals surface area contributed by atoms with Gasteiger partial charge in [-0.05, 0) is 37.8 Å². The number of carbonyl (C=O) groups is 2. The van der Waals surface area contributed by atoms with E-state index in [9.17, 15) is 9.59 Å². The van der Waals surface area contributed by atoms with Crippen molar-refractivity contribution in [3.05, 3.63) is 36.0 Å². The Labute approximate surface area is 167 Å². The highest BCUT2D eigenvalue weighted by Gasteiger charge is 2.49. The Morgan fingerprint density at radius 3 is 2.68 bits per heavy atom. The van der Waals surface area contributed by atoms with Gasteiger partial charge in [-0.25, -0.2) is 0 Å². The monoisotopic (exact) mass is 381 g/mol. The Hall–Kier alpha value is -2.30. The van der Waals surface area contributed by atoms with E-state index in [1.165, 1.54) is 19.3 Å². The third-order valence-electron chi connectivity index (χ3n) is 6.87. The van der Waals surface area contributed by atoms with Crippen molar-refractivity contribution < 1.29 is 9.59 Å². The highest BCUT2D eigenvalue weighted by molar-refractivity contribution is 5.89. The van der Waals surface area contributed by atoms with Crippen molar-refractivity contribution in [2.24, 2.45) is 0 Å². The molecule has 2 aliphatic rings. The molecule has 1 saturated carbocycles. The quantitative estimate of drug-likeness (QED) is 0.874. The van der Waals surface area contributed by atoms with Crippen molar-refractivity contribution in [3.63, 3.8) is 0 Å². The van der Waals surface area contributed by atoms with Crippen LogP contribution in [-0.4, -0.2) is 51.3 Å². The number of fused-ring (bicyclic) bond motifs is 1. The van der Waals surface area contributed by atoms with Crippen LogP contribution < -0.4 is 0 Å². The number of H-pyrrole nitrogens is 1. The standard InChI is InChI=1S/C23H31N3O2/c1-3-25(17(2)27)19-14-23(11-7-4-8-12-23)26(16-19)22(28)13-18-15-24-21-10-6-5-9-20(18)21/h5-6,9-10,15,19,24H,3-4,7-8,11-14,16H2,1-2H3/t19-/m1/s1. The van der Waals surface area contributed by atoms with E-state index in [1.54, 1.807) is 6.92 Å². The Bertz CT molecular complexity index is 866. The molecule has 1 spiro atoms. The number of amides is 2. The van der Waals surface area contributed by atoms with E-state index in [4.69, 9.17) is 0 Å². The van der Waals surface area contributed by atoms with E-state index < -0.39 is 0 Å². The largest absolute Gasteiger partial charge is 0.361 e. The normalized spacial score (nSPS) is 21.4. The highest BCUT2D eigenvalue weighted by atomic mass is 16.2. The molecule has 0 radical (unpaired) electrons. The van der Waals surface area contributed by atoms with Crippen LogP contribution in [0, 0.1) is 0 Å². The van der Waals surface area contributed by atoms with Gasteiger partial charge < -0.3 is 14.8 Å². The van der Waals surface area contributed by atoms with Gasteiger partial charge >= 0.3 is 0 Å². The molecule has 5 heteroatoms. The molecule has 150 valence electrons. The van der Waals surface area contributed by atoms with Gasteiger partial charge in [-0.1, -0.05) is 37.5 Å². The molecule has 2 amide bonds. The number of aromatic nitrogens is 1. The van der Waals surface area contributed by atoms with E-state index in [0.717, 1.165) is 35.7 Å². The molecule has 1 atom stereocenters. The van der Waals surface area contributed by atoms with Crippen molar-refractivity contribution in [1.29, 1.82) is 0 Å². The van der Waals surface area contributed by atoms with Gasteiger partial charge in [-0.15, -0.1) is 0 Å². The Kier molecular flexibility index (Phi) is 5.17. The lowest BCUT2D eigenvalue weighted by atomic mass is 9.79. The van der Waals surface area contributed by atoms with Gasteiger partial charge in [0.2, 0.25) is 11.8 Å². The lowest BCUT2D eigenvalue weighted by Crippen LogP contribution is -2.49. The molecule has 1 aromatic carbocycles. The van der Waals surface area contributed by atoms with Gasteiger partial charge in [-0.3, -0.25) is 9.59 Å². The molecule has 5 nitrogen and oxygen atoms in total. The van der Waals surface area contributed by atoms with Crippen LogP contribution in [0.3, 0.4) is 0 Å². The third kappa shape index (κ3) is 3.31. The average Bonchev–Trinajstić information content (AvgIpc) is 3.25. The SMILES string of the molecule is CCN(C(C)=O)[C@H]1CN(C(=O)Cc2c[nH]c3ccccc23)C2(CCCCC2)C1. The summed E-state index contributed by atoms with van der Waals surface area (Å²) in [4.78, 5) is 33.0. The molecule has 4 rings (SSSR count). The van der Waals surface area contributed by atoms with Crippen LogP contribution in [0.1, 0.15) is 57.9 Å². The molecular formula is C23H31N3O2. The second-order valence-corrected chi connectivity index (χ2v) is 8.49. The summed E-state index contributed by atoms with van der Waals surface area (Å²) in [6.45, 7) is 5.06. The van der Waals surface area contributed by atoms with Gasteiger partial charge in [0.25, 0.3) is 0 Å². The maximum Gasteiger partial charge on any atom is 0.227 e. The number of likely N-dealkylation sites (N-methyl/N-ethyl adjacent to an activating group) is 1. The van der Waals surface area contributed by atoms with E-state index in [1.807, 2.05) is 36.2 Å². The molecular weight excluding hydrogens is 350 g/mol. The number of carbonyl (C=O) groups excluding carboxylic acids is 2. The molecule has 1 aromatic heterocycles. The number of rotatable bonds is 4. The first-order valence-electron chi connectivity index (χ1n) is 10.7. The number of nitrogens with one attached hydrogen (secondary N) is 1. The molecule has 0 bridgehead atoms. The summed E-state index contributed by atoms with van der Waals surface area (Å²) >= 11 is 0. The first-order valence-corrected chi connectivity index (χ1v) is 10.7. The molecule has 1 aliphatic carbocycles. The minimum atomic E-state index is -0.0605. The van der Waals surface area contributed by atoms with Crippen molar-refractivity contribution >= 4 is 22.7 Å². The zero-order valence-electron chi connectivity index (χ0n) is 17.0. The zero-order chi connectivity index (χ0) is 19.7. The number of benzene rings is 1. The fraction of sp³-hybridized carbons (Fsp3) is 0.565. The van der Waals surface area contributed by atoms with Gasteiger partial charge in [0.05, 0.1) is 12.5 Å². The number of nitrogens with zero attached hydrogens (tertiary/aromatic N) is 2. The zero-order valence-corrected chi connectivity index (χ0v) is 17.0. The van der Waals surface area contributed by atoms with Crippen LogP contribution in [0.4, 0.5) is 0 Å². The topological polar surface area (TPSA) is 56.4 Å². The molecule has 1 N–H and O–H groups in total. The number of para-hydroxylation sites is 1. The second-order valence-electron chi connectivity index (χ2n) is 8.49. The molecule has 1 aliphatic heterocycles. The highest BCUT2D eigenvalue weighted by Crippen LogP contribution is 2.43. The summed E-state index contributed by atoms with van der Waals surface area (Å²) in [5, 5.41) is 1.13. The van der Waals surface area contributed by atoms with Crippen molar-refractivity contribution in [1.82, 2.24) is 14.8 Å². The number of hydrogen-bond acceptors (Lipinski definition) is 2. The Balaban J connectivity index is 1.59. The van der Waals surface area contributed by atoms with Gasteiger partial charge in [0, 0.05) is 42.7 Å². The predicted octanol–water partition coefficient (Wildman–Crippen LogP) is 3.88. The Morgan fingerprint density at radius 2 is 1.96 bits per heavy atom.